The predicted octanol–water partition coefficient (Wildman–Crippen LogP) is 8.99. The van der Waals surface area contributed by atoms with Gasteiger partial charge in [-0.3, -0.25) is 0 Å². The van der Waals surface area contributed by atoms with Gasteiger partial charge in [-0.05, 0) is 34.3 Å². The minimum atomic E-state index is -0.418. The summed E-state index contributed by atoms with van der Waals surface area (Å²) in [7, 11) is 0. The third-order valence-corrected chi connectivity index (χ3v) is 6.84. The number of para-hydroxylation sites is 2. The van der Waals surface area contributed by atoms with Crippen molar-refractivity contribution in [2.75, 3.05) is 0 Å². The van der Waals surface area contributed by atoms with Crippen LogP contribution in [-0.2, 0) is 0 Å². The molecule has 0 aliphatic rings. The van der Waals surface area contributed by atoms with E-state index in [1.165, 1.54) is 0 Å². The van der Waals surface area contributed by atoms with Gasteiger partial charge in [-0.25, -0.2) is 0 Å². The van der Waals surface area contributed by atoms with Crippen molar-refractivity contribution in [3.05, 3.63) is 115 Å². The maximum atomic E-state index is 8.92. The molecule has 2 nitrogen and oxygen atoms in total. The average Bonchev–Trinajstić information content (AvgIpc) is 3.52. The van der Waals surface area contributed by atoms with Crippen LogP contribution in [0.3, 0.4) is 0 Å². The van der Waals surface area contributed by atoms with Crippen LogP contribution in [0.25, 0.3) is 71.0 Å². The summed E-state index contributed by atoms with van der Waals surface area (Å²) in [6, 6.07) is 26.5. The van der Waals surface area contributed by atoms with Crippen LogP contribution >= 0.6 is 0 Å². The first-order valence-corrected chi connectivity index (χ1v) is 11.2. The second-order valence-corrected chi connectivity index (χ2v) is 8.56. The average molecular weight is 439 g/mol. The normalized spacial score (nSPS) is 14.2. The van der Waals surface area contributed by atoms with Crippen molar-refractivity contribution in [2.24, 2.45) is 0 Å². The summed E-state index contributed by atoms with van der Waals surface area (Å²) in [4.78, 5) is 0. The van der Waals surface area contributed by atoms with Crippen molar-refractivity contribution in [1.82, 2.24) is 4.57 Å². The third-order valence-electron chi connectivity index (χ3n) is 6.84. The second-order valence-electron chi connectivity index (χ2n) is 8.56. The summed E-state index contributed by atoms with van der Waals surface area (Å²) in [6.45, 7) is 0. The molecule has 0 unspecified atom stereocenters. The molecule has 34 heavy (non-hydrogen) atoms. The van der Waals surface area contributed by atoms with Crippen LogP contribution in [0.2, 0.25) is 0 Å². The van der Waals surface area contributed by atoms with Gasteiger partial charge in [0, 0.05) is 32.6 Å². The Kier molecular flexibility index (Phi) is 2.65. The van der Waals surface area contributed by atoms with Gasteiger partial charge in [0.1, 0.15) is 5.58 Å². The minimum absolute atomic E-state index is 0.106. The van der Waals surface area contributed by atoms with Gasteiger partial charge in [-0.2, -0.15) is 0 Å². The zero-order valence-electron chi connectivity index (χ0n) is 22.9. The summed E-state index contributed by atoms with van der Waals surface area (Å²) >= 11 is 0. The Bertz CT molecular complexity index is 2320. The molecule has 0 fully saturated rings. The molecule has 0 saturated heterocycles. The molecule has 0 aliphatic heterocycles. The lowest BCUT2D eigenvalue weighted by Gasteiger charge is -2.10. The molecule has 0 spiro atoms. The lowest BCUT2D eigenvalue weighted by atomic mass is 9.98. The van der Waals surface area contributed by atoms with Gasteiger partial charge in [0.05, 0.1) is 17.9 Å². The first-order valence-electron chi connectivity index (χ1n) is 13.7. The van der Waals surface area contributed by atoms with Crippen molar-refractivity contribution < 1.29 is 11.3 Å². The number of hydrogen-bond donors (Lipinski definition) is 0. The van der Waals surface area contributed by atoms with Crippen molar-refractivity contribution in [3.8, 4) is 5.69 Å². The molecule has 158 valence electrons. The quantitative estimate of drug-likeness (QED) is 0.250. The molecular weight excluding hydrogens is 414 g/mol. The van der Waals surface area contributed by atoms with Crippen molar-refractivity contribution in [2.45, 2.75) is 0 Å². The standard InChI is InChI=1S/C32H19NO/c1-2-11-21(12-3-1)33-30-22-13-5-4-10-20(22)18-19-26(30)28-23-14-6-7-15-24(23)29-25-16-8-9-17-27(25)34-32(29)31(28)33/h1-19H/i1D,2D,3D,11D,12D. The van der Waals surface area contributed by atoms with E-state index in [1.807, 2.05) is 65.2 Å². The molecule has 0 atom stereocenters. The number of fused-ring (bicyclic) bond motifs is 12. The summed E-state index contributed by atoms with van der Waals surface area (Å²) < 4.78 is 51.4. The molecule has 0 aliphatic carbocycles. The van der Waals surface area contributed by atoms with Gasteiger partial charge in [0.25, 0.3) is 0 Å². The van der Waals surface area contributed by atoms with E-state index in [4.69, 9.17) is 11.3 Å². The highest BCUT2D eigenvalue weighted by Crippen LogP contribution is 2.46. The SMILES string of the molecule is [2H]c1c([2H])c([2H])c(-n2c3c4ccccc4ccc3c3c4ccccc4c4c5ccccc5oc4c32)c([2H])c1[2H]. The third kappa shape index (κ3) is 2.20. The minimum Gasteiger partial charge on any atom is -0.454 e. The number of aromatic nitrogens is 1. The zero-order chi connectivity index (χ0) is 26.6. The van der Waals surface area contributed by atoms with Crippen LogP contribution in [0.4, 0.5) is 0 Å². The summed E-state index contributed by atoms with van der Waals surface area (Å²) in [6.07, 6.45) is 0. The maximum Gasteiger partial charge on any atom is 0.160 e. The summed E-state index contributed by atoms with van der Waals surface area (Å²) in [5, 5.41) is 7.72. The molecule has 0 bridgehead atoms. The van der Waals surface area contributed by atoms with E-state index in [1.54, 1.807) is 0 Å². The fourth-order valence-electron chi connectivity index (χ4n) is 5.51. The molecule has 0 amide bonds. The smallest absolute Gasteiger partial charge is 0.160 e. The highest BCUT2D eigenvalue weighted by atomic mass is 16.3. The van der Waals surface area contributed by atoms with Crippen LogP contribution in [0.1, 0.15) is 6.85 Å². The summed E-state index contributed by atoms with van der Waals surface area (Å²) in [5.74, 6) is 0. The fourth-order valence-corrected chi connectivity index (χ4v) is 5.51. The Morgan fingerprint density at radius 1 is 0.559 bits per heavy atom. The summed E-state index contributed by atoms with van der Waals surface area (Å²) in [5.41, 5.74) is 2.92. The molecule has 2 aromatic heterocycles. The fraction of sp³-hybridized carbons (Fsp3) is 0. The molecule has 0 N–H and O–H groups in total. The van der Waals surface area contributed by atoms with E-state index in [-0.39, 0.29) is 29.9 Å². The predicted molar refractivity (Wildman–Crippen MR) is 143 cm³/mol. The maximum absolute atomic E-state index is 8.92. The van der Waals surface area contributed by atoms with Gasteiger partial charge >= 0.3 is 0 Å². The lowest BCUT2D eigenvalue weighted by Crippen LogP contribution is -1.94. The zero-order valence-corrected chi connectivity index (χ0v) is 17.9. The number of furan rings is 1. The first kappa shape index (κ1) is 13.9. The van der Waals surface area contributed by atoms with Crippen LogP contribution in [0.5, 0.6) is 0 Å². The first-order chi connectivity index (χ1) is 19.0. The molecular formula is C32H19NO. The lowest BCUT2D eigenvalue weighted by molar-refractivity contribution is 0.671. The van der Waals surface area contributed by atoms with E-state index in [0.29, 0.717) is 11.1 Å². The Balaban J connectivity index is 1.79. The molecule has 0 saturated carbocycles. The van der Waals surface area contributed by atoms with Crippen LogP contribution in [-0.4, -0.2) is 4.57 Å². The van der Waals surface area contributed by atoms with E-state index in [9.17, 15) is 0 Å². The second kappa shape index (κ2) is 6.49. The topological polar surface area (TPSA) is 18.1 Å². The van der Waals surface area contributed by atoms with Gasteiger partial charge in [0.15, 0.2) is 5.58 Å². The molecule has 2 heteroatoms. The number of hydrogen-bond acceptors (Lipinski definition) is 1. The monoisotopic (exact) mass is 438 g/mol. The molecule has 0 radical (unpaired) electrons. The molecule has 8 rings (SSSR count). The Labute approximate surface area is 202 Å². The van der Waals surface area contributed by atoms with Gasteiger partial charge in [-0.1, -0.05) is 97.0 Å². The van der Waals surface area contributed by atoms with Gasteiger partial charge in [-0.15, -0.1) is 0 Å². The number of nitrogens with zero attached hydrogens (tertiary/aromatic N) is 1. The van der Waals surface area contributed by atoms with Gasteiger partial charge < -0.3 is 8.98 Å². The molecule has 8 aromatic rings. The van der Waals surface area contributed by atoms with Crippen molar-refractivity contribution in [1.29, 1.82) is 0 Å². The Hall–Kier alpha value is -4.56. The molecule has 2 heterocycles. The molecule has 6 aromatic carbocycles. The van der Waals surface area contributed by atoms with E-state index < -0.39 is 6.04 Å². The van der Waals surface area contributed by atoms with Crippen molar-refractivity contribution in [3.63, 3.8) is 0 Å². The van der Waals surface area contributed by atoms with Crippen LogP contribution < -0.4 is 0 Å². The highest BCUT2D eigenvalue weighted by molar-refractivity contribution is 6.36. The Morgan fingerprint density at radius 2 is 1.24 bits per heavy atom. The Morgan fingerprint density at radius 3 is 2.06 bits per heavy atom. The van der Waals surface area contributed by atoms with Crippen LogP contribution in [0.15, 0.2) is 120 Å². The van der Waals surface area contributed by atoms with E-state index >= 15 is 0 Å². The number of rotatable bonds is 1. The number of benzene rings is 6. The van der Waals surface area contributed by atoms with E-state index in [2.05, 4.69) is 24.3 Å². The van der Waals surface area contributed by atoms with Crippen molar-refractivity contribution >= 4 is 65.3 Å². The van der Waals surface area contributed by atoms with Gasteiger partial charge in [0.2, 0.25) is 0 Å². The highest BCUT2D eigenvalue weighted by Gasteiger charge is 2.23. The largest absolute Gasteiger partial charge is 0.454 e. The van der Waals surface area contributed by atoms with Crippen LogP contribution in [0, 0.1) is 0 Å². The van der Waals surface area contributed by atoms with E-state index in [0.717, 1.165) is 54.2 Å².